The predicted molar refractivity (Wildman–Crippen MR) is 150 cm³/mol. The van der Waals surface area contributed by atoms with Crippen LogP contribution in [-0.4, -0.2) is 36.8 Å². The first-order chi connectivity index (χ1) is 14.1. The van der Waals surface area contributed by atoms with Crippen LogP contribution >= 0.6 is 45.3 Å². The molecule has 0 unspecified atom stereocenters. The molecule has 0 radical (unpaired) electrons. The summed E-state index contributed by atoms with van der Waals surface area (Å²) < 4.78 is 6.40. The molecule has 0 aliphatic rings. The summed E-state index contributed by atoms with van der Waals surface area (Å²) in [6.45, 7) is 0. The Morgan fingerprint density at radius 3 is 1.30 bits per heavy atom. The molecular weight excluding hydrogens is 654 g/mol. The molecule has 0 amide bonds. The summed E-state index contributed by atoms with van der Waals surface area (Å²) in [6.07, 6.45) is 0. The molecule has 4 heterocycles. The first-order valence-corrected chi connectivity index (χ1v) is 33.6. The van der Waals surface area contributed by atoms with Crippen molar-refractivity contribution in [3.63, 3.8) is 0 Å². The van der Waals surface area contributed by atoms with E-state index in [1.165, 1.54) is 41.1 Å². The van der Waals surface area contributed by atoms with Crippen LogP contribution in [-0.2, 0) is 0 Å². The molecule has 6 heteroatoms. The number of thiophene rings is 4. The van der Waals surface area contributed by atoms with Crippen molar-refractivity contribution in [2.75, 3.05) is 0 Å². The van der Waals surface area contributed by atoms with E-state index in [-0.39, 0.29) is 0 Å². The average molecular weight is 680 g/mol. The maximum atomic E-state index is 2.58. The van der Waals surface area contributed by atoms with Crippen molar-refractivity contribution in [1.82, 2.24) is 0 Å². The zero-order valence-corrected chi connectivity index (χ0v) is 27.2. The molecule has 0 N–H and O–H groups in total. The molecule has 0 nitrogen and oxygen atoms in total. The van der Waals surface area contributed by atoms with E-state index < -0.39 is 36.8 Å². The first kappa shape index (κ1) is 22.0. The fourth-order valence-corrected chi connectivity index (χ4v) is 18.4. The Morgan fingerprint density at radius 1 is 0.600 bits per heavy atom. The van der Waals surface area contributed by atoms with Gasteiger partial charge in [0.2, 0.25) is 0 Å². The van der Waals surface area contributed by atoms with E-state index in [0.717, 1.165) is 0 Å². The second-order valence-electron chi connectivity index (χ2n) is 9.91. The van der Waals surface area contributed by atoms with Gasteiger partial charge < -0.3 is 0 Å². The number of hydrogen-bond donors (Lipinski definition) is 0. The molecule has 0 saturated carbocycles. The summed E-state index contributed by atoms with van der Waals surface area (Å²) in [4.78, 5) is 18.1. The maximum absolute atomic E-state index is 2.58. The average Bonchev–Trinajstić information content (AvgIpc) is 3.44. The van der Waals surface area contributed by atoms with Crippen LogP contribution < -0.4 is 5.79 Å². The van der Waals surface area contributed by atoms with Gasteiger partial charge in [-0.05, 0) is 0 Å². The summed E-state index contributed by atoms with van der Waals surface area (Å²) in [6, 6.07) is 14.2. The van der Waals surface area contributed by atoms with Crippen LogP contribution in [0, 0.1) is 0 Å². The summed E-state index contributed by atoms with van der Waals surface area (Å²) in [7, 11) is 0. The minimum atomic E-state index is -2.18. The van der Waals surface area contributed by atoms with Gasteiger partial charge in [0.05, 0.1) is 0 Å². The van der Waals surface area contributed by atoms with Gasteiger partial charge in [-0.3, -0.25) is 0 Å². The van der Waals surface area contributed by atoms with E-state index in [1.807, 2.05) is 22.7 Å². The van der Waals surface area contributed by atoms with Gasteiger partial charge in [-0.2, -0.15) is 0 Å². The normalized spacial score (nSPS) is 13.0. The van der Waals surface area contributed by atoms with Crippen molar-refractivity contribution >= 4 is 108 Å². The topological polar surface area (TPSA) is 0 Å². The molecule has 154 valence electrons. The monoisotopic (exact) mass is 682 g/mol. The summed E-state index contributed by atoms with van der Waals surface area (Å²) in [5.41, 5.74) is 3.00. The van der Waals surface area contributed by atoms with Gasteiger partial charge in [-0.15, -0.1) is 0 Å². The summed E-state index contributed by atoms with van der Waals surface area (Å²) in [5.74, 6) is 0. The third kappa shape index (κ3) is 3.77. The van der Waals surface area contributed by atoms with Gasteiger partial charge in [0, 0.05) is 0 Å². The van der Waals surface area contributed by atoms with Crippen molar-refractivity contribution in [3.8, 4) is 20.9 Å². The van der Waals surface area contributed by atoms with Crippen molar-refractivity contribution in [2.45, 2.75) is 29.6 Å². The SMILES string of the molecule is [CH3][Sn]([CH3])([CH3])[c]1cc2c(-c3cccs3)c3s[c]([Sn]([CH3])([CH3])[CH3])cc3c(-c3cccs3)c2s1. The van der Waals surface area contributed by atoms with Crippen LogP contribution in [0.25, 0.3) is 41.1 Å². The second-order valence-corrected chi connectivity index (χ2v) is 44.7. The molecule has 5 aromatic rings. The zero-order chi connectivity index (χ0) is 21.3. The van der Waals surface area contributed by atoms with Crippen molar-refractivity contribution in [1.29, 1.82) is 0 Å². The van der Waals surface area contributed by atoms with E-state index in [0.29, 0.717) is 0 Å². The van der Waals surface area contributed by atoms with Gasteiger partial charge in [0.15, 0.2) is 0 Å². The van der Waals surface area contributed by atoms with E-state index >= 15 is 0 Å². The third-order valence-electron chi connectivity index (χ3n) is 5.47. The van der Waals surface area contributed by atoms with Gasteiger partial charge in [0.25, 0.3) is 0 Å². The number of fused-ring (bicyclic) bond motifs is 2. The van der Waals surface area contributed by atoms with Crippen molar-refractivity contribution < 1.29 is 0 Å². The predicted octanol–water partition coefficient (Wildman–Crippen LogP) is 8.66. The van der Waals surface area contributed by atoms with Crippen molar-refractivity contribution in [3.05, 3.63) is 47.2 Å². The van der Waals surface area contributed by atoms with Crippen LogP contribution in [0.5, 0.6) is 0 Å². The Bertz CT molecular complexity index is 1180. The molecule has 0 spiro atoms. The van der Waals surface area contributed by atoms with E-state index in [2.05, 4.69) is 99.5 Å². The Balaban J connectivity index is 2.00. The Labute approximate surface area is 203 Å². The molecule has 0 aliphatic heterocycles. The van der Waals surface area contributed by atoms with Gasteiger partial charge in [-0.1, -0.05) is 0 Å². The van der Waals surface area contributed by atoms with Gasteiger partial charge >= 0.3 is 206 Å². The Morgan fingerprint density at radius 2 is 1.00 bits per heavy atom. The summed E-state index contributed by atoms with van der Waals surface area (Å²) >= 11 is 3.62. The molecule has 4 aromatic heterocycles. The van der Waals surface area contributed by atoms with Gasteiger partial charge in [0.1, 0.15) is 0 Å². The van der Waals surface area contributed by atoms with Crippen LogP contribution in [0.1, 0.15) is 0 Å². The molecule has 0 atom stereocenters. The van der Waals surface area contributed by atoms with Crippen molar-refractivity contribution in [2.24, 2.45) is 0 Å². The Kier molecular flexibility index (Phi) is 5.76. The number of rotatable bonds is 4. The first-order valence-electron chi connectivity index (χ1n) is 10.3. The molecular formula is C24H26S4Sn2. The van der Waals surface area contributed by atoms with E-state index in [4.69, 9.17) is 0 Å². The fraction of sp³-hybridized carbons (Fsp3) is 0.250. The molecule has 0 fully saturated rings. The molecule has 30 heavy (non-hydrogen) atoms. The van der Waals surface area contributed by atoms with E-state index in [1.54, 1.807) is 5.79 Å². The van der Waals surface area contributed by atoms with Crippen LogP contribution in [0.4, 0.5) is 0 Å². The molecule has 1 aromatic carbocycles. The second kappa shape index (κ2) is 7.87. The molecule has 0 bridgehead atoms. The number of hydrogen-bond acceptors (Lipinski definition) is 4. The van der Waals surface area contributed by atoms with Crippen LogP contribution in [0.3, 0.4) is 0 Å². The summed E-state index contributed by atoms with van der Waals surface area (Å²) in [5, 5.41) is 7.46. The Hall–Kier alpha value is 0.137. The zero-order valence-electron chi connectivity index (χ0n) is 18.3. The fourth-order valence-electron chi connectivity index (χ4n) is 3.84. The standard InChI is InChI=1S/C18H8S4.6CH3.2Sn/c1-3-13(19-7-1)15-11-5-9-22-18(11)16(14-4-2-8-20-14)12-6-10-21-17(12)15;;;;;;;;/h1-8H;6*1H3;;. The quantitative estimate of drug-likeness (QED) is 0.167. The molecule has 5 rings (SSSR count). The number of benzene rings is 1. The van der Waals surface area contributed by atoms with Gasteiger partial charge in [-0.25, -0.2) is 0 Å². The third-order valence-corrected chi connectivity index (χ3v) is 28.4. The van der Waals surface area contributed by atoms with Crippen LogP contribution in [0.2, 0.25) is 29.6 Å². The minimum absolute atomic E-state index is 1.42. The molecule has 0 aliphatic carbocycles. The van der Waals surface area contributed by atoms with E-state index in [9.17, 15) is 0 Å². The van der Waals surface area contributed by atoms with Crippen LogP contribution in [0.15, 0.2) is 47.2 Å². The molecule has 0 saturated heterocycles.